The van der Waals surface area contributed by atoms with Crippen molar-refractivity contribution in [3.63, 3.8) is 0 Å². The number of hydrogen-bond acceptors (Lipinski definition) is 4. The van der Waals surface area contributed by atoms with Gasteiger partial charge in [-0.05, 0) is 40.8 Å². The summed E-state index contributed by atoms with van der Waals surface area (Å²) in [6.07, 6.45) is 0. The number of nitrogens with zero attached hydrogens (tertiary/aromatic N) is 4. The molecule has 3 aromatic heterocycles. The van der Waals surface area contributed by atoms with E-state index in [2.05, 4.69) is 114 Å². The lowest BCUT2D eigenvalue weighted by molar-refractivity contribution is 0.669. The van der Waals surface area contributed by atoms with Crippen molar-refractivity contribution in [2.24, 2.45) is 0 Å². The number of para-hydroxylation sites is 1. The van der Waals surface area contributed by atoms with Crippen LogP contribution in [0.5, 0.6) is 0 Å². The summed E-state index contributed by atoms with van der Waals surface area (Å²) in [5.74, 6) is 1.77. The highest BCUT2D eigenvalue weighted by molar-refractivity contribution is 6.24. The van der Waals surface area contributed by atoms with E-state index in [-0.39, 0.29) is 0 Å². The van der Waals surface area contributed by atoms with Crippen molar-refractivity contribution in [3.8, 4) is 51.0 Å². The number of fused-ring (bicyclic) bond motifs is 8. The summed E-state index contributed by atoms with van der Waals surface area (Å²) >= 11 is 0. The lowest BCUT2D eigenvalue weighted by Crippen LogP contribution is -2.01. The number of rotatable bonds is 5. The molecule has 0 unspecified atom stereocenters. The Morgan fingerprint density at radius 2 is 1.00 bits per heavy atom. The molecule has 0 aliphatic carbocycles. The van der Waals surface area contributed by atoms with E-state index in [0.29, 0.717) is 17.5 Å². The topological polar surface area (TPSA) is 56.7 Å². The van der Waals surface area contributed by atoms with Gasteiger partial charge in [0.1, 0.15) is 11.2 Å². The van der Waals surface area contributed by atoms with Crippen molar-refractivity contribution in [2.45, 2.75) is 0 Å². The smallest absolute Gasteiger partial charge is 0.167 e. The van der Waals surface area contributed by atoms with Crippen molar-refractivity contribution in [3.05, 3.63) is 182 Å². The van der Waals surface area contributed by atoms with Crippen LogP contribution in [0, 0.1) is 0 Å². The van der Waals surface area contributed by atoms with Crippen LogP contribution in [0.4, 0.5) is 0 Å². The molecule has 0 spiro atoms. The summed E-state index contributed by atoms with van der Waals surface area (Å²) in [7, 11) is 0. The van der Waals surface area contributed by atoms with Crippen LogP contribution < -0.4 is 0 Å². The molecule has 5 heteroatoms. The van der Waals surface area contributed by atoms with Crippen molar-refractivity contribution >= 4 is 54.5 Å². The van der Waals surface area contributed by atoms with E-state index < -0.39 is 0 Å². The molecular formula is C49H30N4O. The van der Waals surface area contributed by atoms with Crippen LogP contribution in [0.2, 0.25) is 0 Å². The van der Waals surface area contributed by atoms with E-state index >= 15 is 0 Å². The molecule has 5 nitrogen and oxygen atoms in total. The fraction of sp³-hybridized carbons (Fsp3) is 0. The van der Waals surface area contributed by atoms with Crippen LogP contribution in [0.25, 0.3) is 105 Å². The average molecular weight is 691 g/mol. The third-order valence-electron chi connectivity index (χ3n) is 10.4. The van der Waals surface area contributed by atoms with Crippen LogP contribution in [0.3, 0.4) is 0 Å². The van der Waals surface area contributed by atoms with Crippen molar-refractivity contribution in [2.75, 3.05) is 0 Å². The lowest BCUT2D eigenvalue weighted by atomic mass is 9.98. The third kappa shape index (κ3) is 4.69. The molecule has 0 fully saturated rings. The minimum atomic E-state index is 0.553. The van der Waals surface area contributed by atoms with Gasteiger partial charge in [0.15, 0.2) is 17.5 Å². The molecule has 0 N–H and O–H groups in total. The normalized spacial score (nSPS) is 11.7. The zero-order chi connectivity index (χ0) is 35.6. The Bertz CT molecular complexity index is 3140. The molecule has 0 aliphatic heterocycles. The molecule has 0 saturated carbocycles. The Hall–Kier alpha value is -7.37. The monoisotopic (exact) mass is 690 g/mol. The molecule has 54 heavy (non-hydrogen) atoms. The standard InChI is InChI=1S/C49H30N4O/c1-4-15-31(16-5-1)35-24-14-25-40-43(35)38-28-27-32-17-10-11-22-36(32)45(38)53(40)41-30-29-39(46-44(41)37-23-12-13-26-42(37)54-46)49-51-47(33-18-6-2-7-19-33)50-48(52-49)34-20-8-3-9-21-34/h1-30H. The van der Waals surface area contributed by atoms with Gasteiger partial charge < -0.3 is 8.98 Å². The van der Waals surface area contributed by atoms with Gasteiger partial charge in [-0.2, -0.15) is 0 Å². The Kier molecular flexibility index (Phi) is 6.79. The van der Waals surface area contributed by atoms with E-state index in [1.807, 2.05) is 72.8 Å². The highest BCUT2D eigenvalue weighted by Crippen LogP contribution is 2.45. The van der Waals surface area contributed by atoms with Gasteiger partial charge in [-0.3, -0.25) is 0 Å². The minimum absolute atomic E-state index is 0.553. The van der Waals surface area contributed by atoms with Gasteiger partial charge in [0, 0.05) is 32.7 Å². The Morgan fingerprint density at radius 3 is 1.72 bits per heavy atom. The summed E-state index contributed by atoms with van der Waals surface area (Å²) < 4.78 is 9.30. The highest BCUT2D eigenvalue weighted by Gasteiger charge is 2.24. The number of furan rings is 1. The van der Waals surface area contributed by atoms with E-state index in [4.69, 9.17) is 19.4 Å². The molecule has 11 rings (SSSR count). The molecule has 0 radical (unpaired) electrons. The van der Waals surface area contributed by atoms with Crippen molar-refractivity contribution < 1.29 is 4.42 Å². The maximum absolute atomic E-state index is 6.86. The minimum Gasteiger partial charge on any atom is -0.455 e. The second-order valence-corrected chi connectivity index (χ2v) is 13.6. The first kappa shape index (κ1) is 30.3. The number of hydrogen-bond donors (Lipinski definition) is 0. The number of aromatic nitrogens is 4. The van der Waals surface area contributed by atoms with E-state index in [9.17, 15) is 0 Å². The van der Waals surface area contributed by atoms with Gasteiger partial charge in [0.2, 0.25) is 0 Å². The fourth-order valence-corrected chi connectivity index (χ4v) is 8.04. The van der Waals surface area contributed by atoms with Crippen molar-refractivity contribution in [1.82, 2.24) is 19.5 Å². The van der Waals surface area contributed by atoms with Crippen LogP contribution >= 0.6 is 0 Å². The van der Waals surface area contributed by atoms with Gasteiger partial charge >= 0.3 is 0 Å². The summed E-state index contributed by atoms with van der Waals surface area (Å²) in [5, 5.41) is 6.82. The molecule has 3 heterocycles. The summed E-state index contributed by atoms with van der Waals surface area (Å²) in [6, 6.07) is 63.3. The molecule has 252 valence electrons. The lowest BCUT2D eigenvalue weighted by Gasteiger charge is -2.14. The van der Waals surface area contributed by atoms with Crippen LogP contribution in [0.15, 0.2) is 186 Å². The predicted octanol–water partition coefficient (Wildman–Crippen LogP) is 12.7. The first-order valence-electron chi connectivity index (χ1n) is 18.1. The molecule has 0 atom stereocenters. The van der Waals surface area contributed by atoms with Gasteiger partial charge in [0.25, 0.3) is 0 Å². The molecule has 11 aromatic rings. The van der Waals surface area contributed by atoms with Gasteiger partial charge in [-0.1, -0.05) is 158 Å². The summed E-state index contributed by atoms with van der Waals surface area (Å²) in [5.41, 5.74) is 9.86. The Labute approximate surface area is 310 Å². The highest BCUT2D eigenvalue weighted by atomic mass is 16.3. The zero-order valence-corrected chi connectivity index (χ0v) is 29.0. The molecule has 0 aliphatic rings. The van der Waals surface area contributed by atoms with Crippen molar-refractivity contribution in [1.29, 1.82) is 0 Å². The molecule has 0 amide bonds. The first-order valence-corrected chi connectivity index (χ1v) is 18.1. The van der Waals surface area contributed by atoms with Crippen LogP contribution in [-0.4, -0.2) is 19.5 Å². The second kappa shape index (κ2) is 12.1. The molecule has 0 saturated heterocycles. The van der Waals surface area contributed by atoms with Crippen LogP contribution in [-0.2, 0) is 0 Å². The maximum Gasteiger partial charge on any atom is 0.167 e. The largest absolute Gasteiger partial charge is 0.455 e. The Balaban J connectivity index is 1.26. The Morgan fingerprint density at radius 1 is 0.389 bits per heavy atom. The first-order chi connectivity index (χ1) is 26.8. The second-order valence-electron chi connectivity index (χ2n) is 13.6. The molecule has 8 aromatic carbocycles. The summed E-state index contributed by atoms with van der Waals surface area (Å²) in [6.45, 7) is 0. The fourth-order valence-electron chi connectivity index (χ4n) is 8.04. The molecular weight excluding hydrogens is 661 g/mol. The predicted molar refractivity (Wildman–Crippen MR) is 221 cm³/mol. The van der Waals surface area contributed by atoms with E-state index in [1.54, 1.807) is 0 Å². The third-order valence-corrected chi connectivity index (χ3v) is 10.4. The molecule has 0 bridgehead atoms. The quantitative estimate of drug-likeness (QED) is 0.180. The maximum atomic E-state index is 6.86. The van der Waals surface area contributed by atoms with E-state index in [1.165, 1.54) is 32.7 Å². The van der Waals surface area contributed by atoms with Gasteiger partial charge in [-0.15, -0.1) is 0 Å². The summed E-state index contributed by atoms with van der Waals surface area (Å²) in [4.78, 5) is 15.2. The average Bonchev–Trinajstić information content (AvgIpc) is 3.81. The van der Waals surface area contributed by atoms with E-state index in [0.717, 1.165) is 55.3 Å². The van der Waals surface area contributed by atoms with Gasteiger partial charge in [0.05, 0.1) is 27.7 Å². The van der Waals surface area contributed by atoms with Crippen LogP contribution in [0.1, 0.15) is 0 Å². The number of benzene rings is 8. The van der Waals surface area contributed by atoms with Gasteiger partial charge in [-0.25, -0.2) is 15.0 Å². The zero-order valence-electron chi connectivity index (χ0n) is 29.0. The SMILES string of the molecule is c1ccc(-c2nc(-c3ccccc3)nc(-c3ccc(-n4c5cccc(-c6ccccc6)c5c5ccc6ccccc6c54)c4c3oc3ccccc34)n2)cc1.